The van der Waals surface area contributed by atoms with E-state index in [1.807, 2.05) is 13.8 Å². The molecule has 0 aliphatic heterocycles. The maximum Gasteiger partial charge on any atom is 0.254 e. The number of primary amides is 1. The first-order valence-electron chi connectivity index (χ1n) is 5.44. The lowest BCUT2D eigenvalue weighted by Crippen LogP contribution is -2.17. The average molecular weight is 267 g/mol. The predicted octanol–water partition coefficient (Wildman–Crippen LogP) is 2.57. The molecule has 0 fully saturated rings. The summed E-state index contributed by atoms with van der Waals surface area (Å²) in [6, 6.07) is 6.45. The summed E-state index contributed by atoms with van der Waals surface area (Å²) in [4.78, 5) is 15.3. The highest BCUT2D eigenvalue weighted by molar-refractivity contribution is 6.30. The Bertz CT molecular complexity index is 490. The summed E-state index contributed by atoms with van der Waals surface area (Å²) in [5, 5.41) is 10.5. The Hall–Kier alpha value is -1.81. The van der Waals surface area contributed by atoms with E-state index < -0.39 is 5.91 Å². The Morgan fingerprint density at radius 3 is 2.39 bits per heavy atom. The Balaban J connectivity index is 3.19. The lowest BCUT2D eigenvalue weighted by atomic mass is 10.1. The first kappa shape index (κ1) is 14.3. The molecule has 0 radical (unpaired) electrons. The lowest BCUT2D eigenvalue weighted by Gasteiger charge is -2.05. The quantitative estimate of drug-likeness (QED) is 0.499. The number of carbonyl (C=O) groups is 1. The molecule has 5 heteroatoms. The van der Waals surface area contributed by atoms with Crippen LogP contribution in [0.25, 0.3) is 5.76 Å². The van der Waals surface area contributed by atoms with E-state index >= 15 is 0 Å². The summed E-state index contributed by atoms with van der Waals surface area (Å²) in [7, 11) is 0. The van der Waals surface area contributed by atoms with Crippen molar-refractivity contribution in [3.05, 3.63) is 40.4 Å². The van der Waals surface area contributed by atoms with Gasteiger partial charge < -0.3 is 10.8 Å². The van der Waals surface area contributed by atoms with Crippen LogP contribution in [0.15, 0.2) is 34.8 Å². The summed E-state index contributed by atoms with van der Waals surface area (Å²) < 4.78 is 0. The number of hydrogen-bond donors (Lipinski definition) is 2. The van der Waals surface area contributed by atoms with E-state index in [-0.39, 0.29) is 17.4 Å². The van der Waals surface area contributed by atoms with Gasteiger partial charge in [-0.05, 0) is 38.1 Å². The van der Waals surface area contributed by atoms with Gasteiger partial charge in [-0.1, -0.05) is 11.6 Å². The molecule has 18 heavy (non-hydrogen) atoms. The summed E-state index contributed by atoms with van der Waals surface area (Å²) in [6.07, 6.45) is 1.29. The van der Waals surface area contributed by atoms with E-state index in [2.05, 4.69) is 4.99 Å². The molecule has 4 nitrogen and oxygen atoms in total. The highest BCUT2D eigenvalue weighted by atomic mass is 35.5. The van der Waals surface area contributed by atoms with Crippen molar-refractivity contribution in [1.82, 2.24) is 0 Å². The van der Waals surface area contributed by atoms with Crippen LogP contribution in [-0.4, -0.2) is 23.3 Å². The van der Waals surface area contributed by atoms with Crippen molar-refractivity contribution in [2.45, 2.75) is 19.9 Å². The molecule has 0 unspecified atom stereocenters. The van der Waals surface area contributed by atoms with Gasteiger partial charge in [0.15, 0.2) is 0 Å². The van der Waals surface area contributed by atoms with Crippen LogP contribution in [0.3, 0.4) is 0 Å². The molecule has 0 aliphatic carbocycles. The molecule has 0 heterocycles. The lowest BCUT2D eigenvalue weighted by molar-refractivity contribution is -0.114. The molecule has 0 saturated carbocycles. The Morgan fingerprint density at radius 1 is 1.39 bits per heavy atom. The minimum atomic E-state index is -0.730. The van der Waals surface area contributed by atoms with Gasteiger partial charge in [0.1, 0.15) is 5.76 Å². The Morgan fingerprint density at radius 2 is 1.94 bits per heavy atom. The molecule has 0 aliphatic rings. The molecule has 1 aromatic rings. The van der Waals surface area contributed by atoms with Gasteiger partial charge in [-0.2, -0.15) is 0 Å². The number of rotatable bonds is 4. The first-order chi connectivity index (χ1) is 8.41. The van der Waals surface area contributed by atoms with Crippen LogP contribution in [-0.2, 0) is 4.79 Å². The smallest absolute Gasteiger partial charge is 0.254 e. The average Bonchev–Trinajstić information content (AvgIpc) is 2.29. The number of nitrogens with zero attached hydrogens (tertiary/aromatic N) is 1. The molecule has 0 atom stereocenters. The van der Waals surface area contributed by atoms with Crippen molar-refractivity contribution in [2.24, 2.45) is 10.7 Å². The van der Waals surface area contributed by atoms with Crippen LogP contribution in [0.2, 0.25) is 5.02 Å². The second-order valence-electron chi connectivity index (χ2n) is 4.01. The standard InChI is InChI=1S/C13H15ClN2O2/c1-8(2)16-7-11(13(15)18)12(17)9-3-5-10(14)6-4-9/h3-8,17H,1-2H3,(H2,15,18)/b12-11-,16-7?. The topological polar surface area (TPSA) is 75.7 Å². The highest BCUT2D eigenvalue weighted by Gasteiger charge is 2.11. The fourth-order valence-corrected chi connectivity index (χ4v) is 1.35. The first-order valence-corrected chi connectivity index (χ1v) is 5.81. The summed E-state index contributed by atoms with van der Waals surface area (Å²) in [6.45, 7) is 3.71. The van der Waals surface area contributed by atoms with Crippen LogP contribution in [0.4, 0.5) is 0 Å². The van der Waals surface area contributed by atoms with Gasteiger partial charge in [0, 0.05) is 22.8 Å². The second kappa shape index (κ2) is 6.21. The normalized spacial score (nSPS) is 12.9. The van der Waals surface area contributed by atoms with Crippen LogP contribution in [0, 0.1) is 0 Å². The van der Waals surface area contributed by atoms with Gasteiger partial charge >= 0.3 is 0 Å². The van der Waals surface area contributed by atoms with Gasteiger partial charge in [0.2, 0.25) is 0 Å². The van der Waals surface area contributed by atoms with E-state index in [9.17, 15) is 9.90 Å². The van der Waals surface area contributed by atoms with Crippen molar-refractivity contribution in [3.8, 4) is 0 Å². The minimum absolute atomic E-state index is 0.0115. The summed E-state index contributed by atoms with van der Waals surface area (Å²) in [5.41, 5.74) is 5.66. The summed E-state index contributed by atoms with van der Waals surface area (Å²) in [5.74, 6) is -0.935. The Kier molecular flexibility index (Phi) is 4.92. The van der Waals surface area contributed by atoms with Crippen LogP contribution in [0.1, 0.15) is 19.4 Å². The molecule has 0 spiro atoms. The van der Waals surface area contributed by atoms with Crippen molar-refractivity contribution >= 4 is 29.5 Å². The van der Waals surface area contributed by atoms with Crippen molar-refractivity contribution in [3.63, 3.8) is 0 Å². The van der Waals surface area contributed by atoms with Crippen molar-refractivity contribution in [1.29, 1.82) is 0 Å². The van der Waals surface area contributed by atoms with E-state index in [1.54, 1.807) is 24.3 Å². The third-order valence-corrected chi connectivity index (χ3v) is 2.39. The monoisotopic (exact) mass is 266 g/mol. The Labute approximate surface area is 111 Å². The zero-order valence-electron chi connectivity index (χ0n) is 10.2. The molecule has 1 aromatic carbocycles. The number of nitrogens with two attached hydrogens (primary N) is 1. The number of benzene rings is 1. The van der Waals surface area contributed by atoms with Crippen LogP contribution in [0.5, 0.6) is 0 Å². The molecule has 96 valence electrons. The minimum Gasteiger partial charge on any atom is -0.506 e. The number of aliphatic imine (C=N–C) groups is 1. The van der Waals surface area contributed by atoms with Crippen molar-refractivity contribution in [2.75, 3.05) is 0 Å². The van der Waals surface area contributed by atoms with Gasteiger partial charge in [-0.25, -0.2) is 0 Å². The van der Waals surface area contributed by atoms with Gasteiger partial charge in [0.05, 0.1) is 5.57 Å². The van der Waals surface area contributed by atoms with E-state index in [0.717, 1.165) is 0 Å². The number of hydrogen-bond acceptors (Lipinski definition) is 3. The third kappa shape index (κ3) is 3.89. The number of carbonyl (C=O) groups excluding carboxylic acids is 1. The molecule has 1 rings (SSSR count). The molecule has 0 bridgehead atoms. The van der Waals surface area contributed by atoms with Gasteiger partial charge in [-0.15, -0.1) is 0 Å². The highest BCUT2D eigenvalue weighted by Crippen LogP contribution is 2.18. The fraction of sp³-hybridized carbons (Fsp3) is 0.231. The van der Waals surface area contributed by atoms with E-state index in [0.29, 0.717) is 10.6 Å². The zero-order valence-corrected chi connectivity index (χ0v) is 11.0. The molecule has 3 N–H and O–H groups in total. The fourth-order valence-electron chi connectivity index (χ4n) is 1.23. The summed E-state index contributed by atoms with van der Waals surface area (Å²) >= 11 is 5.75. The predicted molar refractivity (Wildman–Crippen MR) is 73.8 cm³/mol. The number of halogens is 1. The third-order valence-electron chi connectivity index (χ3n) is 2.14. The molecule has 1 amide bonds. The van der Waals surface area contributed by atoms with Crippen LogP contribution >= 0.6 is 11.6 Å². The number of aliphatic hydroxyl groups is 1. The van der Waals surface area contributed by atoms with E-state index in [4.69, 9.17) is 17.3 Å². The maximum absolute atomic E-state index is 11.3. The second-order valence-corrected chi connectivity index (χ2v) is 4.44. The maximum atomic E-state index is 11.3. The van der Waals surface area contributed by atoms with E-state index in [1.165, 1.54) is 6.21 Å². The molecular weight excluding hydrogens is 252 g/mol. The largest absolute Gasteiger partial charge is 0.506 e. The SMILES string of the molecule is CC(C)N=C/C(C(N)=O)=C(/O)c1ccc(Cl)cc1. The van der Waals surface area contributed by atoms with Crippen LogP contribution < -0.4 is 5.73 Å². The number of aliphatic hydroxyl groups excluding tert-OH is 1. The van der Waals surface area contributed by atoms with Gasteiger partial charge in [-0.3, -0.25) is 9.79 Å². The molecular formula is C13H15ClN2O2. The molecule has 0 aromatic heterocycles. The molecule has 0 saturated heterocycles. The van der Waals surface area contributed by atoms with Crippen molar-refractivity contribution < 1.29 is 9.90 Å². The van der Waals surface area contributed by atoms with Gasteiger partial charge in [0.25, 0.3) is 5.91 Å². The number of amides is 1. The zero-order chi connectivity index (χ0) is 13.7.